The highest BCUT2D eigenvalue weighted by atomic mass is 16.5. The van der Waals surface area contributed by atoms with E-state index in [2.05, 4.69) is 36.0 Å². The Balaban J connectivity index is 1.23. The van der Waals surface area contributed by atoms with Gasteiger partial charge in [-0.2, -0.15) is 4.98 Å². The average molecular weight is 392 g/mol. The molecule has 2 saturated heterocycles. The number of aromatic nitrogens is 4. The fraction of sp³-hybridized carbons (Fsp3) is 0.429. The summed E-state index contributed by atoms with van der Waals surface area (Å²) in [5.41, 5.74) is 0.983. The number of ether oxygens (including phenoxy) is 1. The Morgan fingerprint density at radius 3 is 2.28 bits per heavy atom. The van der Waals surface area contributed by atoms with Crippen LogP contribution in [-0.2, 0) is 4.74 Å². The van der Waals surface area contributed by atoms with Crippen LogP contribution in [0.4, 0.5) is 11.6 Å². The Hall–Kier alpha value is -3.00. The number of piperidine rings is 1. The van der Waals surface area contributed by atoms with Gasteiger partial charge in [0.1, 0.15) is 18.0 Å². The minimum atomic E-state index is 0.289. The predicted octanol–water partition coefficient (Wildman–Crippen LogP) is 2.75. The number of hydrogen-bond donors (Lipinski definition) is 0. The first-order valence-corrected chi connectivity index (χ1v) is 10.2. The molecule has 29 heavy (non-hydrogen) atoms. The summed E-state index contributed by atoms with van der Waals surface area (Å²) < 4.78 is 11.0. The summed E-state index contributed by atoms with van der Waals surface area (Å²) in [7, 11) is 0. The maximum absolute atomic E-state index is 5.57. The van der Waals surface area contributed by atoms with E-state index in [4.69, 9.17) is 9.26 Å². The lowest BCUT2D eigenvalue weighted by Gasteiger charge is -2.32. The third-order valence-corrected chi connectivity index (χ3v) is 5.62. The van der Waals surface area contributed by atoms with E-state index < -0.39 is 0 Å². The highest BCUT2D eigenvalue weighted by Gasteiger charge is 2.26. The van der Waals surface area contributed by atoms with Crippen molar-refractivity contribution in [1.29, 1.82) is 0 Å². The Morgan fingerprint density at radius 2 is 1.55 bits per heavy atom. The molecule has 0 aliphatic carbocycles. The van der Waals surface area contributed by atoms with Gasteiger partial charge in [0, 0.05) is 43.7 Å². The number of rotatable bonds is 4. The third kappa shape index (κ3) is 3.93. The van der Waals surface area contributed by atoms with Gasteiger partial charge in [-0.1, -0.05) is 35.5 Å². The molecule has 0 saturated carbocycles. The second-order valence-corrected chi connectivity index (χ2v) is 7.42. The molecule has 0 N–H and O–H groups in total. The lowest BCUT2D eigenvalue weighted by molar-refractivity contribution is 0.122. The second kappa shape index (κ2) is 8.16. The second-order valence-electron chi connectivity index (χ2n) is 7.42. The van der Waals surface area contributed by atoms with Crippen LogP contribution in [0, 0.1) is 0 Å². The molecule has 5 rings (SSSR count). The van der Waals surface area contributed by atoms with Crippen LogP contribution in [0.1, 0.15) is 24.7 Å². The molecule has 2 aliphatic heterocycles. The van der Waals surface area contributed by atoms with Crippen molar-refractivity contribution in [3.8, 4) is 11.4 Å². The molecular weight excluding hydrogens is 368 g/mol. The lowest BCUT2D eigenvalue weighted by Crippen LogP contribution is -2.37. The van der Waals surface area contributed by atoms with Crippen LogP contribution in [0.2, 0.25) is 0 Å². The number of nitrogens with zero attached hydrogens (tertiary/aromatic N) is 6. The number of benzene rings is 1. The molecule has 0 atom stereocenters. The quantitative estimate of drug-likeness (QED) is 0.671. The van der Waals surface area contributed by atoms with Crippen molar-refractivity contribution in [2.75, 3.05) is 49.2 Å². The van der Waals surface area contributed by atoms with E-state index in [1.165, 1.54) is 0 Å². The largest absolute Gasteiger partial charge is 0.378 e. The standard InChI is InChI=1S/C21H24N6O2/c1-2-4-16(5-3-1)20-24-21(29-25-20)17-6-8-26(9-7-17)18-14-19(23-15-22-18)27-10-12-28-13-11-27/h1-5,14-15,17H,6-13H2. The van der Waals surface area contributed by atoms with E-state index in [9.17, 15) is 0 Å². The SMILES string of the molecule is c1ccc(-c2noc(C3CCN(c4cc(N5CCOCC5)ncn4)CC3)n2)cc1. The maximum Gasteiger partial charge on any atom is 0.230 e. The van der Waals surface area contributed by atoms with Gasteiger partial charge < -0.3 is 19.1 Å². The lowest BCUT2D eigenvalue weighted by atomic mass is 9.97. The van der Waals surface area contributed by atoms with E-state index in [1.807, 2.05) is 30.3 Å². The first-order chi connectivity index (χ1) is 14.4. The van der Waals surface area contributed by atoms with E-state index in [-0.39, 0.29) is 5.92 Å². The molecule has 8 heteroatoms. The van der Waals surface area contributed by atoms with Crippen LogP contribution in [-0.4, -0.2) is 59.5 Å². The molecule has 3 aromatic rings. The van der Waals surface area contributed by atoms with Gasteiger partial charge in [0.25, 0.3) is 0 Å². The van der Waals surface area contributed by atoms with Gasteiger partial charge in [-0.15, -0.1) is 0 Å². The third-order valence-electron chi connectivity index (χ3n) is 5.62. The summed E-state index contributed by atoms with van der Waals surface area (Å²) in [4.78, 5) is 18.2. The Bertz CT molecular complexity index is 933. The predicted molar refractivity (Wildman–Crippen MR) is 109 cm³/mol. The smallest absolute Gasteiger partial charge is 0.230 e. The topological polar surface area (TPSA) is 80.4 Å². The molecule has 150 valence electrons. The normalized spacial score (nSPS) is 18.2. The molecule has 0 spiro atoms. The fourth-order valence-electron chi connectivity index (χ4n) is 3.94. The molecule has 2 fully saturated rings. The highest BCUT2D eigenvalue weighted by Crippen LogP contribution is 2.30. The van der Waals surface area contributed by atoms with Gasteiger partial charge in [-0.3, -0.25) is 0 Å². The Morgan fingerprint density at radius 1 is 0.862 bits per heavy atom. The molecule has 1 aromatic carbocycles. The Labute approximate surface area is 169 Å². The van der Waals surface area contributed by atoms with Gasteiger partial charge in [-0.05, 0) is 12.8 Å². The van der Waals surface area contributed by atoms with Gasteiger partial charge in [0.2, 0.25) is 11.7 Å². The average Bonchev–Trinajstić information content (AvgIpc) is 3.31. The molecule has 4 heterocycles. The van der Waals surface area contributed by atoms with Crippen molar-refractivity contribution in [2.24, 2.45) is 0 Å². The van der Waals surface area contributed by atoms with Crippen molar-refractivity contribution < 1.29 is 9.26 Å². The highest BCUT2D eigenvalue weighted by molar-refractivity contribution is 5.54. The number of anilines is 2. The molecular formula is C21H24N6O2. The summed E-state index contributed by atoms with van der Waals surface area (Å²) in [6, 6.07) is 12.0. The van der Waals surface area contributed by atoms with Crippen molar-refractivity contribution in [2.45, 2.75) is 18.8 Å². The molecule has 0 bridgehead atoms. The zero-order valence-electron chi connectivity index (χ0n) is 16.3. The maximum atomic E-state index is 5.57. The molecule has 8 nitrogen and oxygen atoms in total. The minimum absolute atomic E-state index is 0.289. The van der Waals surface area contributed by atoms with E-state index in [0.29, 0.717) is 5.82 Å². The molecule has 2 aromatic heterocycles. The molecule has 2 aliphatic rings. The van der Waals surface area contributed by atoms with Crippen LogP contribution in [0.3, 0.4) is 0 Å². The van der Waals surface area contributed by atoms with Crippen molar-refractivity contribution in [3.63, 3.8) is 0 Å². The van der Waals surface area contributed by atoms with Crippen LogP contribution in [0.25, 0.3) is 11.4 Å². The zero-order chi connectivity index (χ0) is 19.5. The van der Waals surface area contributed by atoms with Crippen LogP contribution in [0.5, 0.6) is 0 Å². The van der Waals surface area contributed by atoms with Gasteiger partial charge in [0.15, 0.2) is 0 Å². The van der Waals surface area contributed by atoms with E-state index >= 15 is 0 Å². The Kier molecular flexibility index (Phi) is 5.08. The van der Waals surface area contributed by atoms with Crippen molar-refractivity contribution >= 4 is 11.6 Å². The van der Waals surface area contributed by atoms with Crippen molar-refractivity contribution in [3.05, 3.63) is 48.6 Å². The summed E-state index contributed by atoms with van der Waals surface area (Å²) in [5, 5.41) is 4.17. The summed E-state index contributed by atoms with van der Waals surface area (Å²) in [6.07, 6.45) is 3.59. The monoisotopic (exact) mass is 392 g/mol. The number of hydrogen-bond acceptors (Lipinski definition) is 8. The van der Waals surface area contributed by atoms with Gasteiger partial charge in [0.05, 0.1) is 13.2 Å². The first kappa shape index (κ1) is 18.1. The molecule has 0 radical (unpaired) electrons. The van der Waals surface area contributed by atoms with Crippen molar-refractivity contribution in [1.82, 2.24) is 20.1 Å². The zero-order valence-corrected chi connectivity index (χ0v) is 16.3. The van der Waals surface area contributed by atoms with E-state index in [0.717, 1.165) is 75.3 Å². The van der Waals surface area contributed by atoms with Crippen LogP contribution < -0.4 is 9.80 Å². The summed E-state index contributed by atoms with van der Waals surface area (Å²) >= 11 is 0. The van der Waals surface area contributed by atoms with E-state index in [1.54, 1.807) is 6.33 Å². The summed E-state index contributed by atoms with van der Waals surface area (Å²) in [5.74, 6) is 3.64. The first-order valence-electron chi connectivity index (χ1n) is 10.2. The fourth-order valence-corrected chi connectivity index (χ4v) is 3.94. The van der Waals surface area contributed by atoms with Gasteiger partial charge in [-0.25, -0.2) is 9.97 Å². The summed E-state index contributed by atoms with van der Waals surface area (Å²) in [6.45, 7) is 5.07. The molecule has 0 amide bonds. The van der Waals surface area contributed by atoms with Crippen LogP contribution in [0.15, 0.2) is 47.2 Å². The van der Waals surface area contributed by atoms with Crippen LogP contribution >= 0.6 is 0 Å². The minimum Gasteiger partial charge on any atom is -0.378 e. The van der Waals surface area contributed by atoms with Gasteiger partial charge >= 0.3 is 0 Å². The molecule has 0 unspecified atom stereocenters. The number of morpholine rings is 1.